The van der Waals surface area contributed by atoms with Crippen LogP contribution in [0.15, 0.2) is 24.3 Å². The van der Waals surface area contributed by atoms with Gasteiger partial charge >= 0.3 is 0 Å². The van der Waals surface area contributed by atoms with E-state index in [1.165, 1.54) is 10.6 Å². The summed E-state index contributed by atoms with van der Waals surface area (Å²) in [6.45, 7) is 0.602. The van der Waals surface area contributed by atoms with Crippen molar-refractivity contribution in [2.75, 3.05) is 19.8 Å². The first-order valence-corrected chi connectivity index (χ1v) is 6.98. The molecule has 0 unspecified atom stereocenters. The molecule has 1 aromatic rings. The summed E-state index contributed by atoms with van der Waals surface area (Å²) in [5.74, 6) is 5.70. The van der Waals surface area contributed by atoms with Crippen LogP contribution in [0.3, 0.4) is 0 Å². The molecule has 17 heavy (non-hydrogen) atoms. The second-order valence-corrected chi connectivity index (χ2v) is 5.77. The molecule has 0 radical (unpaired) electrons. The zero-order valence-corrected chi connectivity index (χ0v) is 10.8. The van der Waals surface area contributed by atoms with Crippen LogP contribution in [0.2, 0.25) is 0 Å². The first-order valence-electron chi connectivity index (χ1n) is 5.13. The minimum atomic E-state index is -3.18. The summed E-state index contributed by atoms with van der Waals surface area (Å²) < 4.78 is 23.9. The van der Waals surface area contributed by atoms with Crippen LogP contribution < -0.4 is 5.73 Å². The number of benzene rings is 1. The topological polar surface area (TPSA) is 63.4 Å². The standard InChI is InChI=1S/C12H16N2O2S/c1-14(17(2,15)16)10-12-7-4-3-6-11(12)8-5-9-13/h3-4,6-7H,9-10,13H2,1-2H3. The van der Waals surface area contributed by atoms with Crippen molar-refractivity contribution in [3.05, 3.63) is 35.4 Å². The van der Waals surface area contributed by atoms with E-state index in [4.69, 9.17) is 5.73 Å². The van der Waals surface area contributed by atoms with Gasteiger partial charge in [0.2, 0.25) is 10.0 Å². The minimum Gasteiger partial charge on any atom is -0.320 e. The molecule has 0 atom stereocenters. The van der Waals surface area contributed by atoms with Crippen molar-refractivity contribution in [2.24, 2.45) is 5.73 Å². The molecule has 0 amide bonds. The Morgan fingerprint density at radius 2 is 2.00 bits per heavy atom. The lowest BCUT2D eigenvalue weighted by Gasteiger charge is -2.14. The molecule has 0 saturated carbocycles. The second kappa shape index (κ2) is 5.82. The highest BCUT2D eigenvalue weighted by molar-refractivity contribution is 7.88. The lowest BCUT2D eigenvalue weighted by Crippen LogP contribution is -2.25. The van der Waals surface area contributed by atoms with Crippen LogP contribution in [-0.4, -0.2) is 32.6 Å². The Labute approximate surface area is 102 Å². The monoisotopic (exact) mass is 252 g/mol. The van der Waals surface area contributed by atoms with E-state index in [2.05, 4.69) is 11.8 Å². The van der Waals surface area contributed by atoms with E-state index < -0.39 is 10.0 Å². The van der Waals surface area contributed by atoms with Crippen molar-refractivity contribution in [3.8, 4) is 11.8 Å². The first-order chi connectivity index (χ1) is 7.95. The highest BCUT2D eigenvalue weighted by Gasteiger charge is 2.12. The number of nitrogens with zero attached hydrogens (tertiary/aromatic N) is 1. The van der Waals surface area contributed by atoms with Crippen LogP contribution in [0, 0.1) is 11.8 Å². The third kappa shape index (κ3) is 4.19. The van der Waals surface area contributed by atoms with Gasteiger partial charge in [0, 0.05) is 19.2 Å². The summed E-state index contributed by atoms with van der Waals surface area (Å²) in [6, 6.07) is 7.44. The number of rotatable bonds is 3. The van der Waals surface area contributed by atoms with Crippen molar-refractivity contribution >= 4 is 10.0 Å². The maximum absolute atomic E-state index is 11.3. The third-order valence-electron chi connectivity index (χ3n) is 2.30. The summed E-state index contributed by atoms with van der Waals surface area (Å²) in [7, 11) is -1.63. The summed E-state index contributed by atoms with van der Waals surface area (Å²) in [4.78, 5) is 0. The van der Waals surface area contributed by atoms with E-state index in [1.807, 2.05) is 24.3 Å². The number of sulfonamides is 1. The molecule has 0 aromatic heterocycles. The van der Waals surface area contributed by atoms with Crippen molar-refractivity contribution in [3.63, 3.8) is 0 Å². The molecule has 4 nitrogen and oxygen atoms in total. The van der Waals surface area contributed by atoms with Gasteiger partial charge in [-0.05, 0) is 11.6 Å². The van der Waals surface area contributed by atoms with Crippen LogP contribution in [0.5, 0.6) is 0 Å². The van der Waals surface area contributed by atoms with E-state index in [9.17, 15) is 8.42 Å². The smallest absolute Gasteiger partial charge is 0.211 e. The van der Waals surface area contributed by atoms with E-state index in [0.29, 0.717) is 6.54 Å². The van der Waals surface area contributed by atoms with Crippen LogP contribution in [-0.2, 0) is 16.6 Å². The summed E-state index contributed by atoms with van der Waals surface area (Å²) in [5.41, 5.74) is 7.01. The molecule has 92 valence electrons. The van der Waals surface area contributed by atoms with Gasteiger partial charge in [-0.1, -0.05) is 30.0 Å². The van der Waals surface area contributed by atoms with Crippen LogP contribution in [0.4, 0.5) is 0 Å². The van der Waals surface area contributed by atoms with Gasteiger partial charge in [-0.3, -0.25) is 0 Å². The molecule has 0 spiro atoms. The number of hydrogen-bond acceptors (Lipinski definition) is 3. The molecule has 1 rings (SSSR count). The fourth-order valence-corrected chi connectivity index (χ4v) is 1.66. The Kier molecular flexibility index (Phi) is 4.70. The van der Waals surface area contributed by atoms with Crippen molar-refractivity contribution in [1.82, 2.24) is 4.31 Å². The lowest BCUT2D eigenvalue weighted by atomic mass is 10.1. The molecule has 0 heterocycles. The van der Waals surface area contributed by atoms with Crippen LogP contribution >= 0.6 is 0 Å². The van der Waals surface area contributed by atoms with Gasteiger partial charge in [0.1, 0.15) is 0 Å². The fraction of sp³-hybridized carbons (Fsp3) is 0.333. The molecule has 0 aliphatic heterocycles. The molecular formula is C12H16N2O2S. The normalized spacial score (nSPS) is 11.1. The largest absolute Gasteiger partial charge is 0.320 e. The van der Waals surface area contributed by atoms with Gasteiger partial charge in [0.25, 0.3) is 0 Å². The second-order valence-electron chi connectivity index (χ2n) is 3.68. The van der Waals surface area contributed by atoms with E-state index in [0.717, 1.165) is 11.1 Å². The zero-order valence-electron chi connectivity index (χ0n) is 9.97. The number of hydrogen-bond donors (Lipinski definition) is 1. The van der Waals surface area contributed by atoms with Crippen molar-refractivity contribution in [2.45, 2.75) is 6.54 Å². The summed E-state index contributed by atoms with van der Waals surface area (Å²) in [6.07, 6.45) is 1.18. The Morgan fingerprint density at radius 1 is 1.35 bits per heavy atom. The molecule has 0 fully saturated rings. The molecule has 0 bridgehead atoms. The highest BCUT2D eigenvalue weighted by atomic mass is 32.2. The predicted octanol–water partition coefficient (Wildman–Crippen LogP) is 0.388. The van der Waals surface area contributed by atoms with Crippen molar-refractivity contribution < 1.29 is 8.42 Å². The molecule has 0 aliphatic carbocycles. The zero-order chi connectivity index (χ0) is 12.9. The predicted molar refractivity (Wildman–Crippen MR) is 68.7 cm³/mol. The Bertz CT molecular complexity index is 541. The van der Waals surface area contributed by atoms with Gasteiger partial charge in [0.15, 0.2) is 0 Å². The number of nitrogens with two attached hydrogens (primary N) is 1. The summed E-state index contributed by atoms with van der Waals surface area (Å²) in [5, 5.41) is 0. The fourth-order valence-electron chi connectivity index (χ4n) is 1.28. The van der Waals surface area contributed by atoms with Gasteiger partial charge in [-0.15, -0.1) is 0 Å². The third-order valence-corrected chi connectivity index (χ3v) is 3.56. The Hall–Kier alpha value is -1.35. The molecular weight excluding hydrogens is 236 g/mol. The molecule has 0 saturated heterocycles. The maximum Gasteiger partial charge on any atom is 0.211 e. The van der Waals surface area contributed by atoms with E-state index in [-0.39, 0.29) is 6.54 Å². The molecule has 1 aromatic carbocycles. The SMILES string of the molecule is CN(Cc1ccccc1C#CCN)S(C)(=O)=O. The van der Waals surface area contributed by atoms with Gasteiger partial charge in [-0.2, -0.15) is 0 Å². The van der Waals surface area contributed by atoms with E-state index >= 15 is 0 Å². The van der Waals surface area contributed by atoms with E-state index in [1.54, 1.807) is 7.05 Å². The maximum atomic E-state index is 11.3. The van der Waals surface area contributed by atoms with Gasteiger partial charge in [-0.25, -0.2) is 12.7 Å². The quantitative estimate of drug-likeness (QED) is 0.791. The average molecular weight is 252 g/mol. The Morgan fingerprint density at radius 3 is 2.59 bits per heavy atom. The minimum absolute atomic E-state index is 0.288. The van der Waals surface area contributed by atoms with Crippen molar-refractivity contribution in [1.29, 1.82) is 0 Å². The van der Waals surface area contributed by atoms with Crippen LogP contribution in [0.1, 0.15) is 11.1 Å². The van der Waals surface area contributed by atoms with Gasteiger partial charge in [0.05, 0.1) is 12.8 Å². The lowest BCUT2D eigenvalue weighted by molar-refractivity contribution is 0.472. The van der Waals surface area contributed by atoms with Gasteiger partial charge < -0.3 is 5.73 Å². The first kappa shape index (κ1) is 13.7. The Balaban J connectivity index is 2.99. The average Bonchev–Trinajstić information content (AvgIpc) is 2.26. The highest BCUT2D eigenvalue weighted by Crippen LogP contribution is 2.11. The summed E-state index contributed by atoms with van der Waals surface area (Å²) >= 11 is 0. The molecule has 2 N–H and O–H groups in total. The molecule has 5 heteroatoms. The van der Waals surface area contributed by atoms with Crippen LogP contribution in [0.25, 0.3) is 0 Å². The molecule has 0 aliphatic rings.